The molecule has 2 aromatic heterocycles. The van der Waals surface area contributed by atoms with Gasteiger partial charge >= 0.3 is 0 Å². The van der Waals surface area contributed by atoms with Gasteiger partial charge in [-0.05, 0) is 36.4 Å². The summed E-state index contributed by atoms with van der Waals surface area (Å²) in [4.78, 5) is 19.2. The minimum absolute atomic E-state index is 0.0111. The molecule has 1 atom stereocenters. The highest BCUT2D eigenvalue weighted by atomic mass is 32.1. The van der Waals surface area contributed by atoms with Gasteiger partial charge in [-0.1, -0.05) is 0 Å². The van der Waals surface area contributed by atoms with Gasteiger partial charge in [0.15, 0.2) is 11.6 Å². The van der Waals surface area contributed by atoms with Crippen molar-refractivity contribution < 1.29 is 9.18 Å². The quantitative estimate of drug-likeness (QED) is 0.878. The minimum atomic E-state index is -0.735. The van der Waals surface area contributed by atoms with Crippen molar-refractivity contribution in [1.29, 1.82) is 0 Å². The number of aromatic nitrogens is 1. The van der Waals surface area contributed by atoms with Gasteiger partial charge in [0.1, 0.15) is 0 Å². The van der Waals surface area contributed by atoms with E-state index in [1.165, 1.54) is 17.1 Å². The number of pyridine rings is 1. The van der Waals surface area contributed by atoms with Gasteiger partial charge in [0, 0.05) is 17.6 Å². The Morgan fingerprint density at radius 3 is 3.15 bits per heavy atom. The Kier molecular flexibility index (Phi) is 3.17. The zero-order chi connectivity index (χ0) is 14.3. The number of hydrogen-bond donors (Lipinski definition) is 1. The zero-order valence-electron chi connectivity index (χ0n) is 11.0. The lowest BCUT2D eigenvalue weighted by Crippen LogP contribution is -2.38. The summed E-state index contributed by atoms with van der Waals surface area (Å²) in [7, 11) is 0. The van der Waals surface area contributed by atoms with Crippen molar-refractivity contribution in [2.24, 2.45) is 0 Å². The minimum Gasteiger partial charge on any atom is -0.381 e. The topological polar surface area (TPSA) is 59.2 Å². The largest absolute Gasteiger partial charge is 0.381 e. The van der Waals surface area contributed by atoms with Gasteiger partial charge in [0.25, 0.3) is 5.91 Å². The Morgan fingerprint density at radius 2 is 2.35 bits per heavy atom. The number of rotatable bonds is 1. The van der Waals surface area contributed by atoms with Crippen LogP contribution in [0.3, 0.4) is 0 Å². The lowest BCUT2D eigenvalue weighted by molar-refractivity contribution is 0.0674. The van der Waals surface area contributed by atoms with Gasteiger partial charge < -0.3 is 10.6 Å². The third-order valence-electron chi connectivity index (χ3n) is 3.68. The van der Waals surface area contributed by atoms with E-state index < -0.39 is 5.82 Å². The molecule has 1 unspecified atom stereocenters. The second-order valence-electron chi connectivity index (χ2n) is 4.78. The number of nitrogen functional groups attached to an aromatic ring is 1. The van der Waals surface area contributed by atoms with E-state index in [1.54, 1.807) is 16.2 Å². The first kappa shape index (κ1) is 13.1. The zero-order valence-corrected chi connectivity index (χ0v) is 11.8. The van der Waals surface area contributed by atoms with Gasteiger partial charge in [0.2, 0.25) is 0 Å². The second kappa shape index (κ2) is 4.86. The van der Waals surface area contributed by atoms with Crippen molar-refractivity contribution in [1.82, 2.24) is 9.88 Å². The van der Waals surface area contributed by atoms with Gasteiger partial charge in [-0.25, -0.2) is 9.37 Å². The number of hydrogen-bond acceptors (Lipinski definition) is 4. The molecule has 0 spiro atoms. The van der Waals surface area contributed by atoms with Gasteiger partial charge in [0.05, 0.1) is 11.6 Å². The highest BCUT2D eigenvalue weighted by Gasteiger charge is 2.30. The van der Waals surface area contributed by atoms with Crippen LogP contribution in [0.5, 0.6) is 0 Å². The van der Waals surface area contributed by atoms with Crippen LogP contribution in [0.1, 0.15) is 33.8 Å². The molecule has 0 bridgehead atoms. The molecule has 0 saturated heterocycles. The number of anilines is 1. The summed E-state index contributed by atoms with van der Waals surface area (Å²) in [5, 5.41) is 2.03. The molecule has 0 aliphatic carbocycles. The average Bonchev–Trinajstić information content (AvgIpc) is 2.91. The average molecular weight is 291 g/mol. The van der Waals surface area contributed by atoms with E-state index in [1.807, 2.05) is 18.4 Å². The van der Waals surface area contributed by atoms with E-state index in [9.17, 15) is 9.18 Å². The summed E-state index contributed by atoms with van der Waals surface area (Å²) in [6.07, 6.45) is 2.17. The monoisotopic (exact) mass is 291 g/mol. The van der Waals surface area contributed by atoms with Crippen LogP contribution in [0.2, 0.25) is 0 Å². The highest BCUT2D eigenvalue weighted by molar-refractivity contribution is 7.10. The van der Waals surface area contributed by atoms with Crippen LogP contribution in [0.15, 0.2) is 23.7 Å². The van der Waals surface area contributed by atoms with Gasteiger partial charge in [-0.15, -0.1) is 11.3 Å². The van der Waals surface area contributed by atoms with Crippen molar-refractivity contribution in [3.8, 4) is 0 Å². The van der Waals surface area contributed by atoms with Crippen LogP contribution in [-0.4, -0.2) is 22.3 Å². The normalized spacial score (nSPS) is 17.9. The fourth-order valence-corrected chi connectivity index (χ4v) is 3.53. The summed E-state index contributed by atoms with van der Waals surface area (Å²) in [6, 6.07) is 3.36. The Bertz CT molecular complexity index is 670. The van der Waals surface area contributed by atoms with E-state index in [0.717, 1.165) is 12.0 Å². The number of carbonyl (C=O) groups is 1. The summed E-state index contributed by atoms with van der Waals surface area (Å²) in [5.41, 5.74) is 6.57. The van der Waals surface area contributed by atoms with E-state index in [-0.39, 0.29) is 23.3 Å². The molecule has 6 heteroatoms. The third kappa shape index (κ3) is 1.96. The fourth-order valence-electron chi connectivity index (χ4n) is 2.57. The molecule has 20 heavy (non-hydrogen) atoms. The molecule has 0 fully saturated rings. The maximum Gasteiger partial charge on any atom is 0.257 e. The first-order chi connectivity index (χ1) is 9.59. The maximum absolute atomic E-state index is 13.9. The van der Waals surface area contributed by atoms with Gasteiger partial charge in [-0.2, -0.15) is 0 Å². The van der Waals surface area contributed by atoms with E-state index in [0.29, 0.717) is 6.54 Å². The predicted octanol–water partition coefficient (Wildman–Crippen LogP) is 2.62. The standard InChI is InChI=1S/C14H14FN3OS/c1-8-9-4-7-20-11(9)3-6-18(8)14(19)10-2-5-17-13(16)12(10)15/h2,4-5,7-8H,3,6H2,1H3,(H2,16,17). The van der Waals surface area contributed by atoms with Crippen LogP contribution in [0, 0.1) is 5.82 Å². The fraction of sp³-hybridized carbons (Fsp3) is 0.286. The first-order valence-electron chi connectivity index (χ1n) is 6.37. The molecule has 104 valence electrons. The van der Waals surface area contributed by atoms with E-state index in [2.05, 4.69) is 4.98 Å². The Morgan fingerprint density at radius 1 is 1.55 bits per heavy atom. The summed E-state index contributed by atoms with van der Waals surface area (Å²) < 4.78 is 13.9. The molecule has 0 aromatic carbocycles. The Labute approximate surface area is 120 Å². The smallest absolute Gasteiger partial charge is 0.257 e. The lowest BCUT2D eigenvalue weighted by atomic mass is 10.0. The molecular weight excluding hydrogens is 277 g/mol. The molecule has 1 aliphatic rings. The Balaban J connectivity index is 1.94. The molecule has 4 nitrogen and oxygen atoms in total. The van der Waals surface area contributed by atoms with Crippen LogP contribution >= 0.6 is 11.3 Å². The van der Waals surface area contributed by atoms with Crippen molar-refractivity contribution >= 4 is 23.1 Å². The predicted molar refractivity (Wildman–Crippen MR) is 76.1 cm³/mol. The SMILES string of the molecule is CC1c2ccsc2CCN1C(=O)c1ccnc(N)c1F. The van der Waals surface area contributed by atoms with Crippen LogP contribution < -0.4 is 5.73 Å². The number of nitrogens with two attached hydrogens (primary N) is 1. The number of carbonyl (C=O) groups excluding carboxylic acids is 1. The molecule has 1 aliphatic heterocycles. The molecule has 0 saturated carbocycles. The van der Waals surface area contributed by atoms with Crippen molar-refractivity contribution in [3.05, 3.63) is 45.5 Å². The van der Waals surface area contributed by atoms with Crippen LogP contribution in [0.25, 0.3) is 0 Å². The molecular formula is C14H14FN3OS. The third-order valence-corrected chi connectivity index (χ3v) is 4.68. The maximum atomic E-state index is 13.9. The van der Waals surface area contributed by atoms with E-state index >= 15 is 0 Å². The molecule has 2 aromatic rings. The number of fused-ring (bicyclic) bond motifs is 1. The van der Waals surface area contributed by atoms with E-state index in [4.69, 9.17) is 5.73 Å². The Hall–Kier alpha value is -1.95. The number of thiophene rings is 1. The summed E-state index contributed by atoms with van der Waals surface area (Å²) >= 11 is 1.70. The van der Waals surface area contributed by atoms with Crippen molar-refractivity contribution in [2.45, 2.75) is 19.4 Å². The lowest BCUT2D eigenvalue weighted by Gasteiger charge is -2.33. The first-order valence-corrected chi connectivity index (χ1v) is 7.24. The second-order valence-corrected chi connectivity index (χ2v) is 5.78. The molecule has 2 N–H and O–H groups in total. The number of amides is 1. The highest BCUT2D eigenvalue weighted by Crippen LogP contribution is 2.34. The van der Waals surface area contributed by atoms with Crippen LogP contribution in [0.4, 0.5) is 10.2 Å². The number of nitrogens with zero attached hydrogens (tertiary/aromatic N) is 2. The van der Waals surface area contributed by atoms with Crippen molar-refractivity contribution in [2.75, 3.05) is 12.3 Å². The molecule has 1 amide bonds. The summed E-state index contributed by atoms with van der Waals surface area (Å²) in [6.45, 7) is 2.56. The molecule has 3 heterocycles. The van der Waals surface area contributed by atoms with Crippen LogP contribution in [-0.2, 0) is 6.42 Å². The molecule has 0 radical (unpaired) electrons. The van der Waals surface area contributed by atoms with Gasteiger partial charge in [-0.3, -0.25) is 4.79 Å². The van der Waals surface area contributed by atoms with Crippen molar-refractivity contribution in [3.63, 3.8) is 0 Å². The number of halogens is 1. The molecule has 3 rings (SSSR count). The summed E-state index contributed by atoms with van der Waals surface area (Å²) in [5.74, 6) is -1.31.